The summed E-state index contributed by atoms with van der Waals surface area (Å²) in [5.41, 5.74) is 0. The van der Waals surface area contributed by atoms with Gasteiger partial charge in [-0.05, 0) is 18.9 Å². The van der Waals surface area contributed by atoms with Gasteiger partial charge in [0.15, 0.2) is 18.1 Å². The third-order valence-electron chi connectivity index (χ3n) is 7.22. The van der Waals surface area contributed by atoms with Crippen molar-refractivity contribution in [2.75, 3.05) is 0 Å². The molecule has 0 saturated heterocycles. The minimum atomic E-state index is -1.16. The van der Waals surface area contributed by atoms with Crippen molar-refractivity contribution in [3.63, 3.8) is 0 Å². The fourth-order valence-corrected chi connectivity index (χ4v) is 5.37. The van der Waals surface area contributed by atoms with E-state index in [0.29, 0.717) is 6.42 Å². The molecule has 0 aliphatic rings. The van der Waals surface area contributed by atoms with Gasteiger partial charge in [0.2, 0.25) is 0 Å². The van der Waals surface area contributed by atoms with Crippen LogP contribution in [0.15, 0.2) is 12.3 Å². The first-order chi connectivity index (χ1) is 16.7. The van der Waals surface area contributed by atoms with Crippen molar-refractivity contribution in [3.05, 3.63) is 12.3 Å². The molecule has 0 rings (SSSR count). The summed E-state index contributed by atoms with van der Waals surface area (Å²) in [6.07, 6.45) is 19.4. The second kappa shape index (κ2) is 19.3. The molecular formula is C28H52NO6+. The highest BCUT2D eigenvalue weighted by Gasteiger charge is 2.55. The lowest BCUT2D eigenvalue weighted by molar-refractivity contribution is -0.927. The molecule has 0 spiro atoms. The Labute approximate surface area is 213 Å². The molecule has 3 atom stereocenters. The van der Waals surface area contributed by atoms with E-state index in [9.17, 15) is 29.7 Å². The van der Waals surface area contributed by atoms with Crippen LogP contribution < -0.4 is 0 Å². The number of carboxylic acids is 3. The van der Waals surface area contributed by atoms with Gasteiger partial charge in [0, 0.05) is 19.3 Å². The van der Waals surface area contributed by atoms with Crippen molar-refractivity contribution in [2.45, 2.75) is 149 Å². The molecule has 0 aliphatic carbocycles. The summed E-state index contributed by atoms with van der Waals surface area (Å²) in [6, 6.07) is -3.43. The molecule has 0 radical (unpaired) electrons. The second-order valence-corrected chi connectivity index (χ2v) is 9.74. The summed E-state index contributed by atoms with van der Waals surface area (Å²) < 4.78 is -0.582. The number of unbranched alkanes of at least 4 members (excludes halogenated alkanes) is 12. The first kappa shape index (κ1) is 33.1. The molecule has 0 amide bonds. The molecule has 0 fully saturated rings. The number of hydrogen-bond acceptors (Lipinski definition) is 3. The Morgan fingerprint density at radius 2 is 0.886 bits per heavy atom. The quantitative estimate of drug-likeness (QED) is 0.103. The molecule has 0 aromatic carbocycles. The fraction of sp³-hybridized carbons (Fsp3) is 0.821. The van der Waals surface area contributed by atoms with Gasteiger partial charge in [-0.1, -0.05) is 98.3 Å². The number of nitrogens with zero attached hydrogens (tertiary/aromatic N) is 1. The monoisotopic (exact) mass is 498 g/mol. The number of carbonyl (C=O) groups is 3. The molecule has 0 heterocycles. The zero-order valence-corrected chi connectivity index (χ0v) is 22.7. The van der Waals surface area contributed by atoms with Crippen LogP contribution in [-0.2, 0) is 14.4 Å². The number of rotatable bonds is 23. The van der Waals surface area contributed by atoms with E-state index in [1.807, 2.05) is 6.08 Å². The summed E-state index contributed by atoms with van der Waals surface area (Å²) in [6.45, 7) is 7.26. The van der Waals surface area contributed by atoms with Crippen LogP contribution >= 0.6 is 0 Å². The number of aliphatic carboxylic acids is 3. The molecule has 0 bridgehead atoms. The normalized spacial score (nSPS) is 16.0. The maximum Gasteiger partial charge on any atom is 0.362 e. The summed E-state index contributed by atoms with van der Waals surface area (Å²) in [4.78, 5) is 36.5. The summed E-state index contributed by atoms with van der Waals surface area (Å²) in [5.74, 6) is -3.49. The van der Waals surface area contributed by atoms with E-state index in [-0.39, 0.29) is 19.3 Å². The van der Waals surface area contributed by atoms with Crippen molar-refractivity contribution in [1.29, 1.82) is 0 Å². The van der Waals surface area contributed by atoms with E-state index in [2.05, 4.69) is 6.92 Å². The summed E-state index contributed by atoms with van der Waals surface area (Å²) in [5, 5.41) is 29.8. The fourth-order valence-electron chi connectivity index (χ4n) is 5.37. The Balaban J connectivity index is 5.09. The highest BCUT2D eigenvalue weighted by atomic mass is 16.4. The van der Waals surface area contributed by atoms with E-state index in [1.54, 1.807) is 27.0 Å². The standard InChI is InChI=1S/C28H51NO6/c1-5-9-10-11-12-13-14-15-16-17-18-19-20-21-22-29(23(6-2)26(30)31,24(7-3)27(32)33)25(8-4)28(34)35/h21-25H,5-20H2,1-4H3,(H2-,30,31,32,33,34,35)/p+1/b22-21+. The Morgan fingerprint density at radius 3 is 1.17 bits per heavy atom. The first-order valence-electron chi connectivity index (χ1n) is 14.0. The zero-order chi connectivity index (χ0) is 26.7. The summed E-state index contributed by atoms with van der Waals surface area (Å²) in [7, 11) is 0. The van der Waals surface area contributed by atoms with Crippen LogP contribution in [0.3, 0.4) is 0 Å². The van der Waals surface area contributed by atoms with Crippen molar-refractivity contribution in [2.24, 2.45) is 0 Å². The molecule has 0 aliphatic heterocycles. The lowest BCUT2D eigenvalue weighted by Gasteiger charge is -2.46. The van der Waals surface area contributed by atoms with Crippen LogP contribution in [0.1, 0.15) is 130 Å². The maximum atomic E-state index is 12.2. The van der Waals surface area contributed by atoms with E-state index in [0.717, 1.165) is 19.3 Å². The van der Waals surface area contributed by atoms with Crippen LogP contribution in [0.5, 0.6) is 0 Å². The Kier molecular flexibility index (Phi) is 18.3. The van der Waals surface area contributed by atoms with Gasteiger partial charge in [-0.25, -0.2) is 14.4 Å². The summed E-state index contributed by atoms with van der Waals surface area (Å²) >= 11 is 0. The van der Waals surface area contributed by atoms with E-state index in [4.69, 9.17) is 0 Å². The van der Waals surface area contributed by atoms with Gasteiger partial charge in [-0.15, -0.1) is 0 Å². The SMILES string of the molecule is CCCCCCCCCCCCCC/C=C/[N+](C(CC)C(=O)O)(C(CC)C(=O)O)C(CC)C(=O)O. The maximum absolute atomic E-state index is 12.2. The van der Waals surface area contributed by atoms with Crippen LogP contribution in [-0.4, -0.2) is 55.8 Å². The smallest absolute Gasteiger partial charge is 0.362 e. The van der Waals surface area contributed by atoms with Crippen LogP contribution in [0, 0.1) is 0 Å². The van der Waals surface area contributed by atoms with Crippen molar-refractivity contribution < 1.29 is 34.2 Å². The Hall–Kier alpha value is -1.89. The third kappa shape index (κ3) is 11.1. The van der Waals surface area contributed by atoms with Gasteiger partial charge in [0.1, 0.15) is 0 Å². The van der Waals surface area contributed by atoms with Gasteiger partial charge in [0.25, 0.3) is 0 Å². The van der Waals surface area contributed by atoms with E-state index < -0.39 is 40.5 Å². The molecule has 0 saturated carbocycles. The van der Waals surface area contributed by atoms with Gasteiger partial charge in [-0.3, -0.25) is 4.48 Å². The second-order valence-electron chi connectivity index (χ2n) is 9.74. The van der Waals surface area contributed by atoms with Gasteiger partial charge in [0.05, 0.1) is 6.20 Å². The molecule has 0 aromatic heterocycles. The van der Waals surface area contributed by atoms with Crippen LogP contribution in [0.25, 0.3) is 0 Å². The lowest BCUT2D eigenvalue weighted by atomic mass is 9.95. The predicted octanol–water partition coefficient (Wildman–Crippen LogP) is 7.00. The van der Waals surface area contributed by atoms with Crippen LogP contribution in [0.4, 0.5) is 0 Å². The van der Waals surface area contributed by atoms with Gasteiger partial charge < -0.3 is 15.3 Å². The third-order valence-corrected chi connectivity index (χ3v) is 7.22. The van der Waals surface area contributed by atoms with E-state index in [1.165, 1.54) is 57.8 Å². The van der Waals surface area contributed by atoms with E-state index >= 15 is 0 Å². The molecule has 3 unspecified atom stereocenters. The van der Waals surface area contributed by atoms with Crippen molar-refractivity contribution >= 4 is 17.9 Å². The molecule has 204 valence electrons. The molecule has 3 N–H and O–H groups in total. The topological polar surface area (TPSA) is 112 Å². The molecule has 35 heavy (non-hydrogen) atoms. The number of quaternary nitrogens is 1. The number of allylic oxidation sites excluding steroid dienone is 1. The largest absolute Gasteiger partial charge is 0.477 e. The highest BCUT2D eigenvalue weighted by Crippen LogP contribution is 2.32. The lowest BCUT2D eigenvalue weighted by Crippen LogP contribution is -2.69. The van der Waals surface area contributed by atoms with Crippen LogP contribution in [0.2, 0.25) is 0 Å². The highest BCUT2D eigenvalue weighted by molar-refractivity contribution is 5.78. The minimum Gasteiger partial charge on any atom is -0.477 e. The average molecular weight is 499 g/mol. The Bertz CT molecular complexity index is 578. The predicted molar refractivity (Wildman–Crippen MR) is 140 cm³/mol. The van der Waals surface area contributed by atoms with Gasteiger partial charge in [-0.2, -0.15) is 0 Å². The molecular weight excluding hydrogens is 446 g/mol. The first-order valence-corrected chi connectivity index (χ1v) is 14.0. The van der Waals surface area contributed by atoms with Crippen molar-refractivity contribution in [3.8, 4) is 0 Å². The molecule has 7 heteroatoms. The zero-order valence-electron chi connectivity index (χ0n) is 22.7. The Morgan fingerprint density at radius 1 is 0.571 bits per heavy atom. The van der Waals surface area contributed by atoms with Crippen molar-refractivity contribution in [1.82, 2.24) is 0 Å². The molecule has 7 nitrogen and oxygen atoms in total. The number of hydrogen-bond donors (Lipinski definition) is 3. The van der Waals surface area contributed by atoms with Gasteiger partial charge >= 0.3 is 17.9 Å². The minimum absolute atomic E-state index is 0.145. The number of carboxylic acid groups (broad SMARTS) is 3. The molecule has 0 aromatic rings. The average Bonchev–Trinajstić information content (AvgIpc) is 2.79.